The van der Waals surface area contributed by atoms with Crippen molar-refractivity contribution in [2.75, 3.05) is 0 Å². The molecule has 126 valence electrons. The smallest absolute Gasteiger partial charge is 0.166 e. The molecule has 0 aromatic carbocycles. The highest BCUT2D eigenvalue weighted by Crippen LogP contribution is 2.35. The summed E-state index contributed by atoms with van der Waals surface area (Å²) in [5, 5.41) is 0. The van der Waals surface area contributed by atoms with Crippen LogP contribution in [-0.4, -0.2) is 11.4 Å². The molecule has 1 atom stereocenters. The first kappa shape index (κ1) is 17.8. The summed E-state index contributed by atoms with van der Waals surface area (Å²) in [6.45, 7) is 8.61. The van der Waals surface area contributed by atoms with Gasteiger partial charge < -0.3 is 4.74 Å². The Morgan fingerprint density at radius 2 is 1.96 bits per heavy atom. The molecule has 0 N–H and O–H groups in total. The van der Waals surface area contributed by atoms with Crippen LogP contribution >= 0.6 is 0 Å². The van der Waals surface area contributed by atoms with Crippen molar-refractivity contribution in [1.82, 2.24) is 0 Å². The average Bonchev–Trinajstić information content (AvgIpc) is 2.49. The Labute approximate surface area is 141 Å². The largest absolute Gasteiger partial charge is 0.487 e. The standard InChI is InChI=1S/C21H30O2/c1-16(2)8-5-6-9-17(3)12-14-21(4)15-13-18-19(22)10-7-11-20(18)23-21/h8-9,13,15H,5-7,10-12,14H2,1-4H3/b17-9+/t21-/m1/s1. The quantitative estimate of drug-likeness (QED) is 0.456. The van der Waals surface area contributed by atoms with E-state index in [1.165, 1.54) is 11.1 Å². The molecule has 0 radical (unpaired) electrons. The van der Waals surface area contributed by atoms with Gasteiger partial charge in [0.1, 0.15) is 11.4 Å². The van der Waals surface area contributed by atoms with Gasteiger partial charge in [0, 0.05) is 12.8 Å². The molecular formula is C21H30O2. The third-order valence-corrected chi connectivity index (χ3v) is 4.60. The van der Waals surface area contributed by atoms with Crippen LogP contribution in [0.3, 0.4) is 0 Å². The lowest BCUT2D eigenvalue weighted by atomic mass is 9.88. The first-order chi connectivity index (χ1) is 10.9. The molecule has 0 unspecified atom stereocenters. The second-order valence-corrected chi connectivity index (χ2v) is 7.27. The summed E-state index contributed by atoms with van der Waals surface area (Å²) < 4.78 is 6.19. The lowest BCUT2D eigenvalue weighted by molar-refractivity contribution is -0.116. The van der Waals surface area contributed by atoms with E-state index in [0.29, 0.717) is 6.42 Å². The molecule has 2 rings (SSSR count). The first-order valence-electron chi connectivity index (χ1n) is 8.83. The Kier molecular flexibility index (Phi) is 6.04. The second kappa shape index (κ2) is 7.81. The molecule has 0 saturated heterocycles. The predicted octanol–water partition coefficient (Wildman–Crippen LogP) is 5.81. The summed E-state index contributed by atoms with van der Waals surface area (Å²) in [5.41, 5.74) is 3.34. The van der Waals surface area contributed by atoms with Crippen molar-refractivity contribution < 1.29 is 9.53 Å². The van der Waals surface area contributed by atoms with Crippen molar-refractivity contribution in [2.45, 2.75) is 78.2 Å². The highest BCUT2D eigenvalue weighted by Gasteiger charge is 2.32. The molecule has 1 heterocycles. The van der Waals surface area contributed by atoms with Gasteiger partial charge in [0.05, 0.1) is 5.57 Å². The monoisotopic (exact) mass is 314 g/mol. The Balaban J connectivity index is 1.86. The van der Waals surface area contributed by atoms with Crippen LogP contribution in [0.2, 0.25) is 0 Å². The second-order valence-electron chi connectivity index (χ2n) is 7.27. The van der Waals surface area contributed by atoms with Crippen molar-refractivity contribution in [3.63, 3.8) is 0 Å². The van der Waals surface area contributed by atoms with Crippen LogP contribution in [0, 0.1) is 0 Å². The summed E-state index contributed by atoms with van der Waals surface area (Å²) in [7, 11) is 0. The van der Waals surface area contributed by atoms with Gasteiger partial charge in [0.25, 0.3) is 0 Å². The number of Topliss-reactive ketones (excluding diaryl/α,β-unsaturated/α-hetero) is 1. The zero-order valence-corrected chi connectivity index (χ0v) is 15.1. The SMILES string of the molecule is CC(C)=CCC/C=C(\C)CC[C@]1(C)C=CC2=C(CCCC2=O)O1. The van der Waals surface area contributed by atoms with Gasteiger partial charge in [-0.25, -0.2) is 0 Å². The van der Waals surface area contributed by atoms with Crippen molar-refractivity contribution in [3.8, 4) is 0 Å². The molecule has 2 nitrogen and oxygen atoms in total. The summed E-state index contributed by atoms with van der Waals surface area (Å²) >= 11 is 0. The molecule has 2 aliphatic rings. The number of allylic oxidation sites excluding steroid dienone is 7. The Morgan fingerprint density at radius 3 is 2.70 bits per heavy atom. The molecule has 0 aromatic rings. The first-order valence-corrected chi connectivity index (χ1v) is 8.83. The molecule has 0 fully saturated rings. The number of rotatable bonds is 6. The number of carbonyl (C=O) groups is 1. The molecule has 2 heteroatoms. The lowest BCUT2D eigenvalue weighted by Gasteiger charge is -2.34. The summed E-state index contributed by atoms with van der Waals surface area (Å²) in [4.78, 5) is 11.9. The number of carbonyl (C=O) groups excluding carboxylic acids is 1. The van der Waals surface area contributed by atoms with Crippen molar-refractivity contribution in [2.24, 2.45) is 0 Å². The number of ketones is 1. The van der Waals surface area contributed by atoms with Crippen molar-refractivity contribution >= 4 is 5.78 Å². The maximum atomic E-state index is 11.9. The zero-order chi connectivity index (χ0) is 16.9. The molecular weight excluding hydrogens is 284 g/mol. The van der Waals surface area contributed by atoms with Crippen LogP contribution in [0.4, 0.5) is 0 Å². The molecule has 1 aliphatic carbocycles. The van der Waals surface area contributed by atoms with E-state index in [0.717, 1.165) is 49.9 Å². The number of unbranched alkanes of at least 4 members (excludes halogenated alkanes) is 1. The summed E-state index contributed by atoms with van der Waals surface area (Å²) in [5.74, 6) is 1.15. The van der Waals surface area contributed by atoms with Gasteiger partial charge in [-0.1, -0.05) is 23.3 Å². The van der Waals surface area contributed by atoms with Gasteiger partial charge in [-0.3, -0.25) is 4.79 Å². The molecule has 23 heavy (non-hydrogen) atoms. The van der Waals surface area contributed by atoms with Crippen LogP contribution in [0.5, 0.6) is 0 Å². The van der Waals surface area contributed by atoms with Gasteiger partial charge in [0.2, 0.25) is 0 Å². The van der Waals surface area contributed by atoms with Gasteiger partial charge in [-0.15, -0.1) is 0 Å². The number of hydrogen-bond acceptors (Lipinski definition) is 2. The van der Waals surface area contributed by atoms with Crippen LogP contribution in [-0.2, 0) is 9.53 Å². The lowest BCUT2D eigenvalue weighted by Crippen LogP contribution is -2.31. The molecule has 0 aromatic heterocycles. The minimum atomic E-state index is -0.272. The minimum Gasteiger partial charge on any atom is -0.487 e. The topological polar surface area (TPSA) is 26.3 Å². The highest BCUT2D eigenvalue weighted by atomic mass is 16.5. The molecule has 0 amide bonds. The summed E-state index contributed by atoms with van der Waals surface area (Å²) in [6, 6.07) is 0. The van der Waals surface area contributed by atoms with E-state index in [9.17, 15) is 4.79 Å². The minimum absolute atomic E-state index is 0.236. The third kappa shape index (κ3) is 5.23. The highest BCUT2D eigenvalue weighted by molar-refractivity contribution is 5.99. The average molecular weight is 314 g/mol. The van der Waals surface area contributed by atoms with Crippen LogP contribution in [0.25, 0.3) is 0 Å². The van der Waals surface area contributed by atoms with E-state index in [2.05, 4.69) is 45.9 Å². The van der Waals surface area contributed by atoms with E-state index >= 15 is 0 Å². The van der Waals surface area contributed by atoms with Gasteiger partial charge >= 0.3 is 0 Å². The van der Waals surface area contributed by atoms with E-state index in [-0.39, 0.29) is 11.4 Å². The molecule has 0 spiro atoms. The number of ether oxygens (including phenoxy) is 1. The van der Waals surface area contributed by atoms with Gasteiger partial charge in [-0.2, -0.15) is 0 Å². The van der Waals surface area contributed by atoms with E-state index in [1.807, 2.05) is 6.08 Å². The van der Waals surface area contributed by atoms with Crippen molar-refractivity contribution in [1.29, 1.82) is 0 Å². The third-order valence-electron chi connectivity index (χ3n) is 4.60. The number of hydrogen-bond donors (Lipinski definition) is 0. The Hall–Kier alpha value is -1.57. The van der Waals surface area contributed by atoms with Crippen LogP contribution in [0.1, 0.15) is 72.6 Å². The van der Waals surface area contributed by atoms with Gasteiger partial charge in [0.15, 0.2) is 5.78 Å². The fourth-order valence-electron chi connectivity index (χ4n) is 3.08. The normalized spacial score (nSPS) is 24.3. The zero-order valence-electron chi connectivity index (χ0n) is 15.1. The molecule has 0 bridgehead atoms. The Bertz CT molecular complexity index is 571. The van der Waals surface area contributed by atoms with Gasteiger partial charge in [-0.05, 0) is 72.0 Å². The Morgan fingerprint density at radius 1 is 1.22 bits per heavy atom. The maximum Gasteiger partial charge on any atom is 0.166 e. The fourth-order valence-corrected chi connectivity index (χ4v) is 3.08. The maximum absolute atomic E-state index is 11.9. The predicted molar refractivity (Wildman–Crippen MR) is 96.2 cm³/mol. The summed E-state index contributed by atoms with van der Waals surface area (Å²) in [6.07, 6.45) is 15.4. The van der Waals surface area contributed by atoms with Crippen molar-refractivity contribution in [3.05, 3.63) is 46.8 Å². The molecule has 1 aliphatic heterocycles. The van der Waals surface area contributed by atoms with Crippen LogP contribution in [0.15, 0.2) is 46.8 Å². The fraction of sp³-hybridized carbons (Fsp3) is 0.571. The molecule has 0 saturated carbocycles. The van der Waals surface area contributed by atoms with E-state index in [1.54, 1.807) is 0 Å². The van der Waals surface area contributed by atoms with Crippen LogP contribution < -0.4 is 0 Å². The van der Waals surface area contributed by atoms with E-state index in [4.69, 9.17) is 4.74 Å². The van der Waals surface area contributed by atoms with E-state index < -0.39 is 0 Å².